The van der Waals surface area contributed by atoms with Crippen LogP contribution in [0.5, 0.6) is 0 Å². The number of aromatic amines is 1. The van der Waals surface area contributed by atoms with Gasteiger partial charge in [-0.05, 0) is 24.3 Å². The molecule has 0 saturated carbocycles. The van der Waals surface area contributed by atoms with Crippen LogP contribution in [0.25, 0.3) is 21.1 Å². The summed E-state index contributed by atoms with van der Waals surface area (Å²) in [5.74, 6) is -0.0959. The highest BCUT2D eigenvalue weighted by Crippen LogP contribution is 2.22. The van der Waals surface area contributed by atoms with Crippen LogP contribution in [0.3, 0.4) is 0 Å². The van der Waals surface area contributed by atoms with Crippen LogP contribution in [0.2, 0.25) is 0 Å². The van der Waals surface area contributed by atoms with E-state index >= 15 is 0 Å². The minimum Gasteiger partial charge on any atom is -0.339 e. The van der Waals surface area contributed by atoms with Gasteiger partial charge in [-0.1, -0.05) is 24.3 Å². The van der Waals surface area contributed by atoms with Gasteiger partial charge in [0.15, 0.2) is 0 Å². The first-order valence-electron chi connectivity index (χ1n) is 8.83. The molecule has 0 fully saturated rings. The number of amides is 1. The molecular formula is C20H18N4O3S. The second-order valence-electron chi connectivity index (χ2n) is 6.50. The van der Waals surface area contributed by atoms with Crippen LogP contribution >= 0.6 is 11.3 Å². The molecule has 142 valence electrons. The SMILES string of the molecule is CN(Cc1nc2ccccc2s1)C(=O)CCn1c(=O)[nH]c(=O)c2ccccc21. The predicted molar refractivity (Wildman–Crippen MR) is 110 cm³/mol. The van der Waals surface area contributed by atoms with Crippen molar-refractivity contribution < 1.29 is 4.79 Å². The molecule has 1 N–H and O–H groups in total. The predicted octanol–water partition coefficient (Wildman–Crippen LogP) is 2.35. The molecule has 0 saturated heterocycles. The number of carbonyl (C=O) groups is 1. The van der Waals surface area contributed by atoms with Crippen molar-refractivity contribution in [1.82, 2.24) is 19.4 Å². The molecule has 4 aromatic rings. The molecule has 0 unspecified atom stereocenters. The summed E-state index contributed by atoms with van der Waals surface area (Å²) in [6.45, 7) is 0.610. The number of nitrogens with zero attached hydrogens (tertiary/aromatic N) is 3. The summed E-state index contributed by atoms with van der Waals surface area (Å²) in [6.07, 6.45) is 0.150. The molecule has 2 aromatic heterocycles. The van der Waals surface area contributed by atoms with Gasteiger partial charge in [0.05, 0.1) is 27.7 Å². The molecule has 1 amide bonds. The number of fused-ring (bicyclic) bond motifs is 2. The van der Waals surface area contributed by atoms with Crippen LogP contribution in [0, 0.1) is 0 Å². The van der Waals surface area contributed by atoms with Crippen molar-refractivity contribution >= 4 is 38.4 Å². The lowest BCUT2D eigenvalue weighted by Gasteiger charge is -2.16. The average Bonchev–Trinajstić information content (AvgIpc) is 3.09. The van der Waals surface area contributed by atoms with E-state index in [1.807, 2.05) is 24.3 Å². The van der Waals surface area contributed by atoms with E-state index in [2.05, 4.69) is 9.97 Å². The standard InChI is InChI=1S/C20H18N4O3S/c1-23(12-17-21-14-7-3-5-9-16(14)28-17)18(25)10-11-24-15-8-4-2-6-13(15)19(26)22-20(24)27/h2-9H,10-12H2,1H3,(H,22,26,27). The summed E-state index contributed by atoms with van der Waals surface area (Å²) < 4.78 is 2.52. The lowest BCUT2D eigenvalue weighted by atomic mass is 10.2. The number of rotatable bonds is 5. The van der Waals surface area contributed by atoms with E-state index in [-0.39, 0.29) is 18.9 Å². The first-order chi connectivity index (χ1) is 13.5. The molecule has 0 aliphatic carbocycles. The molecule has 0 radical (unpaired) electrons. The Balaban J connectivity index is 1.49. The molecule has 8 heteroatoms. The molecule has 0 aliphatic rings. The van der Waals surface area contributed by atoms with Crippen LogP contribution in [-0.4, -0.2) is 32.4 Å². The highest BCUT2D eigenvalue weighted by atomic mass is 32.1. The molecule has 28 heavy (non-hydrogen) atoms. The highest BCUT2D eigenvalue weighted by Gasteiger charge is 2.14. The van der Waals surface area contributed by atoms with Gasteiger partial charge in [0.1, 0.15) is 5.01 Å². The number of H-pyrrole nitrogens is 1. The fraction of sp³-hybridized carbons (Fsp3) is 0.200. The van der Waals surface area contributed by atoms with Crippen molar-refractivity contribution in [3.63, 3.8) is 0 Å². The van der Waals surface area contributed by atoms with E-state index in [4.69, 9.17) is 0 Å². The topological polar surface area (TPSA) is 88.1 Å². The largest absolute Gasteiger partial charge is 0.339 e. The van der Waals surface area contributed by atoms with E-state index in [0.29, 0.717) is 17.4 Å². The zero-order valence-corrected chi connectivity index (χ0v) is 16.0. The van der Waals surface area contributed by atoms with Crippen molar-refractivity contribution in [3.8, 4) is 0 Å². The number of benzene rings is 2. The third-order valence-corrected chi connectivity index (χ3v) is 5.61. The number of nitrogens with one attached hydrogen (secondary N) is 1. The molecule has 2 heterocycles. The van der Waals surface area contributed by atoms with Gasteiger partial charge >= 0.3 is 5.69 Å². The van der Waals surface area contributed by atoms with E-state index < -0.39 is 11.2 Å². The van der Waals surface area contributed by atoms with Gasteiger partial charge in [0.25, 0.3) is 5.56 Å². The third-order valence-electron chi connectivity index (χ3n) is 4.59. The molecule has 0 atom stereocenters. The summed E-state index contributed by atoms with van der Waals surface area (Å²) in [7, 11) is 1.72. The zero-order chi connectivity index (χ0) is 19.7. The van der Waals surface area contributed by atoms with Gasteiger partial charge in [-0.15, -0.1) is 11.3 Å². The first-order valence-corrected chi connectivity index (χ1v) is 9.65. The number of hydrogen-bond donors (Lipinski definition) is 1. The number of para-hydroxylation sites is 2. The summed E-state index contributed by atoms with van der Waals surface area (Å²) >= 11 is 1.56. The lowest BCUT2D eigenvalue weighted by Crippen LogP contribution is -2.33. The Morgan fingerprint density at radius 1 is 1.14 bits per heavy atom. The monoisotopic (exact) mass is 394 g/mol. The maximum absolute atomic E-state index is 12.6. The minimum atomic E-state index is -0.509. The summed E-state index contributed by atoms with van der Waals surface area (Å²) in [6, 6.07) is 14.7. The Labute approximate surface area is 163 Å². The maximum Gasteiger partial charge on any atom is 0.328 e. The van der Waals surface area contributed by atoms with E-state index in [1.165, 1.54) is 4.57 Å². The third kappa shape index (κ3) is 3.46. The second kappa shape index (κ2) is 7.40. The maximum atomic E-state index is 12.6. The average molecular weight is 394 g/mol. The van der Waals surface area contributed by atoms with Gasteiger partial charge in [-0.25, -0.2) is 9.78 Å². The molecule has 0 bridgehead atoms. The van der Waals surface area contributed by atoms with Crippen molar-refractivity contribution in [2.45, 2.75) is 19.5 Å². The van der Waals surface area contributed by atoms with E-state index in [9.17, 15) is 14.4 Å². The van der Waals surface area contributed by atoms with Gasteiger partial charge in [0.2, 0.25) is 5.91 Å². The summed E-state index contributed by atoms with van der Waals surface area (Å²) in [5.41, 5.74) is 0.522. The molecule has 4 rings (SSSR count). The fourth-order valence-corrected chi connectivity index (χ4v) is 4.16. The lowest BCUT2D eigenvalue weighted by molar-refractivity contribution is -0.130. The van der Waals surface area contributed by atoms with Crippen LogP contribution in [0.4, 0.5) is 0 Å². The zero-order valence-electron chi connectivity index (χ0n) is 15.2. The van der Waals surface area contributed by atoms with Crippen LogP contribution in [0.1, 0.15) is 11.4 Å². The Morgan fingerprint density at radius 2 is 1.89 bits per heavy atom. The summed E-state index contributed by atoms with van der Waals surface area (Å²) in [5, 5.41) is 1.29. The molecule has 0 spiro atoms. The van der Waals surface area contributed by atoms with Crippen molar-refractivity contribution in [2.75, 3.05) is 7.05 Å². The van der Waals surface area contributed by atoms with Gasteiger partial charge < -0.3 is 4.90 Å². The van der Waals surface area contributed by atoms with Crippen LogP contribution in [-0.2, 0) is 17.9 Å². The van der Waals surface area contributed by atoms with Crippen LogP contribution in [0.15, 0.2) is 58.1 Å². The highest BCUT2D eigenvalue weighted by molar-refractivity contribution is 7.18. The van der Waals surface area contributed by atoms with Crippen LogP contribution < -0.4 is 11.2 Å². The smallest absolute Gasteiger partial charge is 0.328 e. The quantitative estimate of drug-likeness (QED) is 0.563. The number of hydrogen-bond acceptors (Lipinski definition) is 5. The second-order valence-corrected chi connectivity index (χ2v) is 7.62. The van der Waals surface area contributed by atoms with E-state index in [1.54, 1.807) is 47.5 Å². The normalized spacial score (nSPS) is 11.2. The Kier molecular flexibility index (Phi) is 4.79. The van der Waals surface area contributed by atoms with Crippen molar-refractivity contribution in [3.05, 3.63) is 74.4 Å². The molecule has 7 nitrogen and oxygen atoms in total. The number of carbonyl (C=O) groups excluding carboxylic acids is 1. The number of aromatic nitrogens is 3. The summed E-state index contributed by atoms with van der Waals surface area (Å²) in [4.78, 5) is 45.2. The molecular weight excluding hydrogens is 376 g/mol. The number of thiazole rings is 1. The number of aryl methyl sites for hydroxylation is 1. The molecule has 2 aromatic carbocycles. The minimum absolute atomic E-state index is 0.0959. The van der Waals surface area contributed by atoms with E-state index in [0.717, 1.165) is 15.2 Å². The van der Waals surface area contributed by atoms with Gasteiger partial charge in [-0.2, -0.15) is 0 Å². The first kappa shape index (κ1) is 18.1. The fourth-order valence-electron chi connectivity index (χ4n) is 3.14. The molecule has 0 aliphatic heterocycles. The Morgan fingerprint density at radius 3 is 2.71 bits per heavy atom. The Bertz CT molecular complexity index is 1250. The van der Waals surface area contributed by atoms with Gasteiger partial charge in [-0.3, -0.25) is 19.1 Å². The Hall–Kier alpha value is -3.26. The van der Waals surface area contributed by atoms with Gasteiger partial charge in [0, 0.05) is 20.0 Å². The van der Waals surface area contributed by atoms with Crippen molar-refractivity contribution in [2.24, 2.45) is 0 Å². The van der Waals surface area contributed by atoms with Crippen molar-refractivity contribution in [1.29, 1.82) is 0 Å².